The first-order valence-corrected chi connectivity index (χ1v) is 4.89. The van der Waals surface area contributed by atoms with Gasteiger partial charge in [-0.3, -0.25) is 4.40 Å². The first kappa shape index (κ1) is 12.3. The van der Waals surface area contributed by atoms with Crippen molar-refractivity contribution < 1.29 is 22.7 Å². The van der Waals surface area contributed by atoms with Gasteiger partial charge in [0.15, 0.2) is 5.65 Å². The normalized spacial score (nSPS) is 11.8. The molecule has 0 bridgehead atoms. The Balaban J connectivity index is 2.46. The van der Waals surface area contributed by atoms with Crippen molar-refractivity contribution in [2.45, 2.75) is 12.6 Å². The van der Waals surface area contributed by atoms with Gasteiger partial charge in [-0.05, 0) is 12.1 Å². The lowest BCUT2D eigenvalue weighted by atomic mass is 10.3. The van der Waals surface area contributed by atoms with E-state index < -0.39 is 18.6 Å². The fraction of sp³-hybridized carbons (Fsp3) is 0.300. The highest BCUT2D eigenvalue weighted by molar-refractivity contribution is 5.89. The largest absolute Gasteiger partial charge is 0.465 e. The Bertz CT molecular complexity index is 592. The van der Waals surface area contributed by atoms with Gasteiger partial charge in [0.1, 0.15) is 12.2 Å². The van der Waals surface area contributed by atoms with Gasteiger partial charge in [-0.1, -0.05) is 0 Å². The van der Waals surface area contributed by atoms with Crippen LogP contribution >= 0.6 is 0 Å². The van der Waals surface area contributed by atoms with Crippen LogP contribution in [0.25, 0.3) is 5.65 Å². The van der Waals surface area contributed by atoms with Crippen LogP contribution in [0.5, 0.6) is 0 Å². The van der Waals surface area contributed by atoms with Gasteiger partial charge >= 0.3 is 12.1 Å². The summed E-state index contributed by atoms with van der Waals surface area (Å²) in [6.45, 7) is 0. The zero-order valence-electron chi connectivity index (χ0n) is 9.23. The molecule has 0 saturated heterocycles. The molecule has 96 valence electrons. The van der Waals surface area contributed by atoms with E-state index in [1.807, 2.05) is 0 Å². The summed E-state index contributed by atoms with van der Waals surface area (Å²) in [5.74, 6) is -0.910. The van der Waals surface area contributed by atoms with Gasteiger partial charge in [0.05, 0.1) is 12.7 Å². The number of methoxy groups -OCH3 is 1. The van der Waals surface area contributed by atoms with Crippen LogP contribution in [0.15, 0.2) is 18.3 Å². The molecule has 0 aliphatic heterocycles. The zero-order valence-corrected chi connectivity index (χ0v) is 9.23. The Labute approximate surface area is 99.2 Å². The van der Waals surface area contributed by atoms with E-state index in [1.165, 1.54) is 25.4 Å². The molecule has 0 fully saturated rings. The van der Waals surface area contributed by atoms with Gasteiger partial charge in [0.25, 0.3) is 0 Å². The highest BCUT2D eigenvalue weighted by atomic mass is 19.4. The average Bonchev–Trinajstić information content (AvgIpc) is 2.68. The molecule has 2 rings (SSSR count). The minimum absolute atomic E-state index is 0.133. The van der Waals surface area contributed by atoms with E-state index >= 15 is 0 Å². The number of ether oxygens (including phenoxy) is 1. The number of aromatic nitrogens is 3. The molecule has 2 aromatic heterocycles. The van der Waals surface area contributed by atoms with Crippen LogP contribution in [0.4, 0.5) is 13.2 Å². The standard InChI is InChI=1S/C10H8F3N3O2/c1-18-9(17)6-2-3-7-14-15-8(16(7)5-6)4-10(11,12)13/h2-3,5H,4H2,1H3. The lowest BCUT2D eigenvalue weighted by molar-refractivity contribution is -0.128. The minimum atomic E-state index is -4.38. The molecule has 0 unspecified atom stereocenters. The first-order chi connectivity index (χ1) is 8.40. The summed E-state index contributed by atoms with van der Waals surface area (Å²) >= 11 is 0. The Hall–Kier alpha value is -2.12. The lowest BCUT2D eigenvalue weighted by Gasteiger charge is -2.05. The predicted molar refractivity (Wildman–Crippen MR) is 54.1 cm³/mol. The molecule has 0 N–H and O–H groups in total. The summed E-state index contributed by atoms with van der Waals surface area (Å²) in [6, 6.07) is 2.81. The minimum Gasteiger partial charge on any atom is -0.465 e. The first-order valence-electron chi connectivity index (χ1n) is 4.89. The molecule has 5 nitrogen and oxygen atoms in total. The number of rotatable bonds is 2. The zero-order chi connectivity index (χ0) is 13.3. The second kappa shape index (κ2) is 4.28. The van der Waals surface area contributed by atoms with E-state index in [1.54, 1.807) is 0 Å². The van der Waals surface area contributed by atoms with Crippen molar-refractivity contribution in [3.63, 3.8) is 0 Å². The lowest BCUT2D eigenvalue weighted by Crippen LogP contribution is -2.14. The third-order valence-electron chi connectivity index (χ3n) is 2.25. The Morgan fingerprint density at radius 1 is 1.39 bits per heavy atom. The maximum absolute atomic E-state index is 12.3. The van der Waals surface area contributed by atoms with Crippen LogP contribution in [0.1, 0.15) is 16.2 Å². The maximum Gasteiger partial charge on any atom is 0.396 e. The van der Waals surface area contributed by atoms with E-state index in [-0.39, 0.29) is 17.0 Å². The summed E-state index contributed by atoms with van der Waals surface area (Å²) in [5.41, 5.74) is 0.370. The van der Waals surface area contributed by atoms with Crippen molar-refractivity contribution in [1.29, 1.82) is 0 Å². The second-order valence-electron chi connectivity index (χ2n) is 3.55. The molecule has 0 aliphatic carbocycles. The van der Waals surface area contributed by atoms with E-state index in [0.29, 0.717) is 0 Å². The monoisotopic (exact) mass is 259 g/mol. The third-order valence-corrected chi connectivity index (χ3v) is 2.25. The van der Waals surface area contributed by atoms with E-state index in [2.05, 4.69) is 14.9 Å². The van der Waals surface area contributed by atoms with Crippen molar-refractivity contribution in [2.24, 2.45) is 0 Å². The molecule has 18 heavy (non-hydrogen) atoms. The Kier molecular flexibility index (Phi) is 2.93. The number of esters is 1. The molecule has 0 saturated carbocycles. The van der Waals surface area contributed by atoms with Gasteiger partial charge in [0.2, 0.25) is 0 Å². The van der Waals surface area contributed by atoms with Gasteiger partial charge in [0, 0.05) is 6.20 Å². The average molecular weight is 259 g/mol. The molecule has 0 spiro atoms. The van der Waals surface area contributed by atoms with Gasteiger partial charge in [-0.2, -0.15) is 13.2 Å². The fourth-order valence-electron chi connectivity index (χ4n) is 1.48. The maximum atomic E-state index is 12.3. The number of alkyl halides is 3. The molecule has 0 amide bonds. The van der Waals surface area contributed by atoms with E-state index in [4.69, 9.17) is 0 Å². The van der Waals surface area contributed by atoms with Crippen molar-refractivity contribution in [2.75, 3.05) is 7.11 Å². The van der Waals surface area contributed by atoms with Crippen molar-refractivity contribution in [3.8, 4) is 0 Å². The fourth-order valence-corrected chi connectivity index (χ4v) is 1.48. The number of fused-ring (bicyclic) bond motifs is 1. The molecule has 2 aromatic rings. The molecular formula is C10H8F3N3O2. The summed E-state index contributed by atoms with van der Waals surface area (Å²) in [7, 11) is 1.19. The third kappa shape index (κ3) is 2.41. The van der Waals surface area contributed by atoms with Crippen molar-refractivity contribution in [1.82, 2.24) is 14.6 Å². The van der Waals surface area contributed by atoms with Gasteiger partial charge in [-0.25, -0.2) is 4.79 Å². The summed E-state index contributed by atoms with van der Waals surface area (Å²) in [5, 5.41) is 7.04. The number of carbonyl (C=O) groups is 1. The van der Waals surface area contributed by atoms with E-state index in [9.17, 15) is 18.0 Å². The molecule has 2 heterocycles. The highest BCUT2D eigenvalue weighted by Crippen LogP contribution is 2.20. The number of halogens is 3. The van der Waals surface area contributed by atoms with Crippen LogP contribution < -0.4 is 0 Å². The Morgan fingerprint density at radius 3 is 2.72 bits per heavy atom. The van der Waals surface area contributed by atoms with E-state index in [0.717, 1.165) is 4.40 Å². The number of hydrogen-bond donors (Lipinski definition) is 0. The van der Waals surface area contributed by atoms with Crippen molar-refractivity contribution in [3.05, 3.63) is 29.7 Å². The van der Waals surface area contributed by atoms with Crippen LogP contribution in [-0.4, -0.2) is 33.9 Å². The molecule has 0 radical (unpaired) electrons. The number of pyridine rings is 1. The summed E-state index contributed by atoms with van der Waals surface area (Å²) < 4.78 is 42.5. The number of hydrogen-bond acceptors (Lipinski definition) is 4. The quantitative estimate of drug-likeness (QED) is 0.769. The highest BCUT2D eigenvalue weighted by Gasteiger charge is 2.30. The van der Waals surface area contributed by atoms with Crippen LogP contribution in [-0.2, 0) is 11.2 Å². The molecule has 0 aromatic carbocycles. The van der Waals surface area contributed by atoms with Gasteiger partial charge < -0.3 is 4.74 Å². The number of carbonyl (C=O) groups excluding carboxylic acids is 1. The number of nitrogens with zero attached hydrogens (tertiary/aromatic N) is 3. The molecule has 0 aliphatic rings. The summed E-state index contributed by atoms with van der Waals surface area (Å²) in [6.07, 6.45) is -4.37. The topological polar surface area (TPSA) is 56.5 Å². The molecule has 8 heteroatoms. The molecule has 0 atom stereocenters. The summed E-state index contributed by atoms with van der Waals surface area (Å²) in [4.78, 5) is 11.3. The van der Waals surface area contributed by atoms with Crippen LogP contribution in [0.3, 0.4) is 0 Å². The van der Waals surface area contributed by atoms with Crippen LogP contribution in [0, 0.1) is 0 Å². The van der Waals surface area contributed by atoms with Crippen LogP contribution in [0.2, 0.25) is 0 Å². The second-order valence-corrected chi connectivity index (χ2v) is 3.55. The predicted octanol–water partition coefficient (Wildman–Crippen LogP) is 1.62. The Morgan fingerprint density at radius 2 is 2.11 bits per heavy atom. The smallest absolute Gasteiger partial charge is 0.396 e. The molecular weight excluding hydrogens is 251 g/mol. The van der Waals surface area contributed by atoms with Crippen molar-refractivity contribution >= 4 is 11.6 Å². The van der Waals surface area contributed by atoms with Gasteiger partial charge in [-0.15, -0.1) is 10.2 Å². The SMILES string of the molecule is COC(=O)c1ccc2nnc(CC(F)(F)F)n2c1.